The summed E-state index contributed by atoms with van der Waals surface area (Å²) in [6, 6.07) is 5.80. The first-order valence-electron chi connectivity index (χ1n) is 7.60. The van der Waals surface area contributed by atoms with Gasteiger partial charge in [-0.25, -0.2) is 0 Å². The standard InChI is InChI=1S/C17H30O4Si/c1-13(21-22(7,8)17(2,3)4)15-10-9-14(20-12-18-5)11-16(15)19-6/h9-11,13H,12H2,1-8H3. The molecule has 0 N–H and O–H groups in total. The lowest BCUT2D eigenvalue weighted by Gasteiger charge is -2.38. The summed E-state index contributed by atoms with van der Waals surface area (Å²) in [5.41, 5.74) is 1.04. The molecule has 0 aliphatic heterocycles. The molecule has 5 heteroatoms. The Morgan fingerprint density at radius 2 is 1.77 bits per heavy atom. The van der Waals surface area contributed by atoms with Gasteiger partial charge in [0, 0.05) is 18.7 Å². The van der Waals surface area contributed by atoms with Crippen molar-refractivity contribution in [1.82, 2.24) is 0 Å². The monoisotopic (exact) mass is 326 g/mol. The van der Waals surface area contributed by atoms with Gasteiger partial charge >= 0.3 is 0 Å². The van der Waals surface area contributed by atoms with E-state index in [0.717, 1.165) is 17.1 Å². The summed E-state index contributed by atoms with van der Waals surface area (Å²) >= 11 is 0. The molecule has 0 heterocycles. The molecule has 1 atom stereocenters. The molecule has 0 bridgehead atoms. The molecular formula is C17H30O4Si. The lowest BCUT2D eigenvalue weighted by Crippen LogP contribution is -2.41. The molecule has 1 aromatic carbocycles. The van der Waals surface area contributed by atoms with Crippen LogP contribution in [0.15, 0.2) is 18.2 Å². The van der Waals surface area contributed by atoms with Crippen molar-refractivity contribution in [2.24, 2.45) is 0 Å². The van der Waals surface area contributed by atoms with Crippen LogP contribution >= 0.6 is 0 Å². The van der Waals surface area contributed by atoms with Gasteiger partial charge in [-0.15, -0.1) is 0 Å². The van der Waals surface area contributed by atoms with Gasteiger partial charge in [0.15, 0.2) is 15.1 Å². The molecule has 0 aromatic heterocycles. The van der Waals surface area contributed by atoms with Crippen LogP contribution in [0.2, 0.25) is 18.1 Å². The van der Waals surface area contributed by atoms with E-state index in [9.17, 15) is 0 Å². The topological polar surface area (TPSA) is 36.9 Å². The van der Waals surface area contributed by atoms with Crippen molar-refractivity contribution in [3.05, 3.63) is 23.8 Å². The van der Waals surface area contributed by atoms with Crippen molar-refractivity contribution in [3.8, 4) is 11.5 Å². The lowest BCUT2D eigenvalue weighted by atomic mass is 10.1. The van der Waals surface area contributed by atoms with Gasteiger partial charge in [-0.2, -0.15) is 0 Å². The van der Waals surface area contributed by atoms with Crippen LogP contribution in [0.1, 0.15) is 39.4 Å². The first kappa shape index (κ1) is 19.0. The van der Waals surface area contributed by atoms with E-state index in [1.165, 1.54) is 0 Å². The summed E-state index contributed by atoms with van der Waals surface area (Å²) in [5.74, 6) is 1.50. The van der Waals surface area contributed by atoms with Crippen LogP contribution in [0.25, 0.3) is 0 Å². The highest BCUT2D eigenvalue weighted by Gasteiger charge is 2.39. The fourth-order valence-corrected chi connectivity index (χ4v) is 3.29. The first-order chi connectivity index (χ1) is 10.1. The van der Waals surface area contributed by atoms with Crippen LogP contribution in [-0.2, 0) is 9.16 Å². The van der Waals surface area contributed by atoms with Crippen LogP contribution < -0.4 is 9.47 Å². The average molecular weight is 327 g/mol. The summed E-state index contributed by atoms with van der Waals surface area (Å²) in [6.45, 7) is 13.5. The number of rotatable bonds is 7. The molecule has 1 rings (SSSR count). The molecule has 0 fully saturated rings. The zero-order valence-electron chi connectivity index (χ0n) is 15.1. The Kier molecular flexibility index (Phi) is 6.46. The number of hydrogen-bond donors (Lipinski definition) is 0. The fourth-order valence-electron chi connectivity index (χ4n) is 1.93. The molecule has 4 nitrogen and oxygen atoms in total. The zero-order chi connectivity index (χ0) is 17.0. The van der Waals surface area contributed by atoms with E-state index in [-0.39, 0.29) is 17.9 Å². The Hall–Kier alpha value is -1.04. The molecule has 0 saturated heterocycles. The van der Waals surface area contributed by atoms with Crippen molar-refractivity contribution in [1.29, 1.82) is 0 Å². The van der Waals surface area contributed by atoms with Gasteiger partial charge in [-0.3, -0.25) is 0 Å². The van der Waals surface area contributed by atoms with E-state index >= 15 is 0 Å². The van der Waals surface area contributed by atoms with E-state index in [4.69, 9.17) is 18.6 Å². The Labute approximate surface area is 135 Å². The van der Waals surface area contributed by atoms with Gasteiger partial charge in [-0.05, 0) is 37.2 Å². The maximum absolute atomic E-state index is 6.45. The first-order valence-corrected chi connectivity index (χ1v) is 10.5. The van der Waals surface area contributed by atoms with Gasteiger partial charge in [0.1, 0.15) is 11.5 Å². The van der Waals surface area contributed by atoms with Crippen molar-refractivity contribution in [3.63, 3.8) is 0 Å². The fraction of sp³-hybridized carbons (Fsp3) is 0.647. The van der Waals surface area contributed by atoms with Gasteiger partial charge < -0.3 is 18.6 Å². The molecule has 0 aliphatic carbocycles. The third kappa shape index (κ3) is 4.73. The smallest absolute Gasteiger partial charge is 0.192 e. The SMILES string of the molecule is COCOc1ccc(C(C)O[Si](C)(C)C(C)(C)C)c(OC)c1. The molecule has 22 heavy (non-hydrogen) atoms. The number of hydrogen-bond acceptors (Lipinski definition) is 4. The largest absolute Gasteiger partial charge is 0.496 e. The molecular weight excluding hydrogens is 296 g/mol. The maximum Gasteiger partial charge on any atom is 0.192 e. The molecule has 126 valence electrons. The van der Waals surface area contributed by atoms with Crippen LogP contribution in [0.4, 0.5) is 0 Å². The number of ether oxygens (including phenoxy) is 3. The number of methoxy groups -OCH3 is 2. The molecule has 1 unspecified atom stereocenters. The lowest BCUT2D eigenvalue weighted by molar-refractivity contribution is 0.0509. The molecule has 0 spiro atoms. The van der Waals surface area contributed by atoms with Gasteiger partial charge in [-0.1, -0.05) is 20.8 Å². The summed E-state index contributed by atoms with van der Waals surface area (Å²) in [7, 11) is 1.43. The summed E-state index contributed by atoms with van der Waals surface area (Å²) < 4.78 is 22.3. The Bertz CT molecular complexity index is 480. The summed E-state index contributed by atoms with van der Waals surface area (Å²) in [5, 5.41) is 0.177. The van der Waals surface area contributed by atoms with Gasteiger partial charge in [0.2, 0.25) is 0 Å². The zero-order valence-corrected chi connectivity index (χ0v) is 16.1. The average Bonchev–Trinajstić information content (AvgIpc) is 2.42. The second kappa shape index (κ2) is 7.48. The van der Waals surface area contributed by atoms with E-state index < -0.39 is 8.32 Å². The summed E-state index contributed by atoms with van der Waals surface area (Å²) in [6.07, 6.45) is -0.0210. The van der Waals surface area contributed by atoms with Crippen molar-refractivity contribution < 1.29 is 18.6 Å². The Morgan fingerprint density at radius 1 is 1.14 bits per heavy atom. The minimum atomic E-state index is -1.83. The minimum absolute atomic E-state index is 0.0210. The van der Waals surface area contributed by atoms with Crippen LogP contribution in [0.3, 0.4) is 0 Å². The van der Waals surface area contributed by atoms with E-state index in [1.807, 2.05) is 18.2 Å². The van der Waals surface area contributed by atoms with Crippen molar-refractivity contribution >= 4 is 8.32 Å². The summed E-state index contributed by atoms with van der Waals surface area (Å²) in [4.78, 5) is 0. The van der Waals surface area contributed by atoms with E-state index in [1.54, 1.807) is 14.2 Å². The maximum atomic E-state index is 6.45. The molecule has 0 amide bonds. The van der Waals surface area contributed by atoms with Crippen LogP contribution in [0, 0.1) is 0 Å². The molecule has 0 radical (unpaired) electrons. The van der Waals surface area contributed by atoms with Crippen LogP contribution in [-0.4, -0.2) is 29.3 Å². The second-order valence-corrected chi connectivity index (χ2v) is 11.7. The Balaban J connectivity index is 2.96. The van der Waals surface area contributed by atoms with E-state index in [2.05, 4.69) is 40.8 Å². The second-order valence-electron chi connectivity index (χ2n) is 6.98. The minimum Gasteiger partial charge on any atom is -0.496 e. The third-order valence-electron chi connectivity index (χ3n) is 4.26. The van der Waals surface area contributed by atoms with Crippen molar-refractivity contribution in [2.75, 3.05) is 21.0 Å². The highest BCUT2D eigenvalue weighted by Crippen LogP contribution is 2.41. The van der Waals surface area contributed by atoms with E-state index in [0.29, 0.717) is 0 Å². The number of benzene rings is 1. The van der Waals surface area contributed by atoms with Gasteiger partial charge in [0.25, 0.3) is 0 Å². The Morgan fingerprint density at radius 3 is 2.27 bits per heavy atom. The predicted molar refractivity (Wildman–Crippen MR) is 92.2 cm³/mol. The molecule has 0 aliphatic rings. The quantitative estimate of drug-likeness (QED) is 0.535. The van der Waals surface area contributed by atoms with Crippen molar-refractivity contribution in [2.45, 2.75) is 51.9 Å². The highest BCUT2D eigenvalue weighted by molar-refractivity contribution is 6.74. The highest BCUT2D eigenvalue weighted by atomic mass is 28.4. The molecule has 1 aromatic rings. The van der Waals surface area contributed by atoms with Gasteiger partial charge in [0.05, 0.1) is 13.2 Å². The predicted octanol–water partition coefficient (Wildman–Crippen LogP) is 4.76. The molecule has 0 saturated carbocycles. The normalized spacial score (nSPS) is 13.8. The third-order valence-corrected chi connectivity index (χ3v) is 8.82. The van der Waals surface area contributed by atoms with Crippen LogP contribution in [0.5, 0.6) is 11.5 Å².